The van der Waals surface area contributed by atoms with Crippen LogP contribution in [0.1, 0.15) is 39.7 Å². The van der Waals surface area contributed by atoms with Crippen molar-refractivity contribution < 1.29 is 9.53 Å². The molecule has 3 N–H and O–H groups in total. The van der Waals surface area contributed by atoms with E-state index in [9.17, 15) is 4.79 Å². The van der Waals surface area contributed by atoms with Crippen LogP contribution in [-0.2, 0) is 11.2 Å². The van der Waals surface area contributed by atoms with Gasteiger partial charge in [0.25, 0.3) is 0 Å². The lowest BCUT2D eigenvalue weighted by atomic mass is 10.0. The predicted octanol–water partition coefficient (Wildman–Crippen LogP) is 4.08. The van der Waals surface area contributed by atoms with Gasteiger partial charge in [-0.3, -0.25) is 5.32 Å². The summed E-state index contributed by atoms with van der Waals surface area (Å²) in [5.41, 5.74) is 7.08. The van der Waals surface area contributed by atoms with E-state index in [2.05, 4.69) is 21.2 Å². The van der Waals surface area contributed by atoms with Crippen molar-refractivity contribution >= 4 is 27.7 Å². The number of benzene rings is 1. The largest absolute Gasteiger partial charge is 0.444 e. The molecular formula is C15H23BrN2O2. The van der Waals surface area contributed by atoms with Gasteiger partial charge in [-0.2, -0.15) is 0 Å². The molecule has 20 heavy (non-hydrogen) atoms. The molecule has 0 saturated heterocycles. The minimum Gasteiger partial charge on any atom is -0.444 e. The molecule has 1 rings (SSSR count). The number of nitrogens with one attached hydrogen (secondary N) is 1. The Morgan fingerprint density at radius 3 is 2.65 bits per heavy atom. The summed E-state index contributed by atoms with van der Waals surface area (Å²) in [6.45, 7) is 7.49. The molecule has 0 aromatic heterocycles. The van der Waals surface area contributed by atoms with Gasteiger partial charge in [0, 0.05) is 16.2 Å². The van der Waals surface area contributed by atoms with Crippen LogP contribution in [0.15, 0.2) is 22.7 Å². The van der Waals surface area contributed by atoms with Crippen LogP contribution < -0.4 is 11.1 Å². The van der Waals surface area contributed by atoms with Crippen molar-refractivity contribution in [3.63, 3.8) is 0 Å². The molecule has 112 valence electrons. The Morgan fingerprint density at radius 2 is 2.10 bits per heavy atom. The van der Waals surface area contributed by atoms with Gasteiger partial charge in [-0.15, -0.1) is 0 Å². The van der Waals surface area contributed by atoms with E-state index < -0.39 is 11.7 Å². The molecule has 0 aliphatic carbocycles. The Morgan fingerprint density at radius 1 is 1.45 bits per heavy atom. The van der Waals surface area contributed by atoms with Gasteiger partial charge in [0.2, 0.25) is 0 Å². The fourth-order valence-corrected chi connectivity index (χ4v) is 2.04. The van der Waals surface area contributed by atoms with Crippen molar-refractivity contribution in [3.05, 3.63) is 28.2 Å². The standard InChI is InChI=1S/C15H23BrN2O2/c1-10(17)5-6-11-7-8-12(16)9-13(11)18-14(19)20-15(2,3)4/h7-10H,5-6,17H2,1-4H3,(H,18,19)/t10-/m1/s1. The summed E-state index contributed by atoms with van der Waals surface area (Å²) in [6.07, 6.45) is 1.23. The minimum absolute atomic E-state index is 0.132. The van der Waals surface area contributed by atoms with Crippen molar-refractivity contribution in [3.8, 4) is 0 Å². The number of aryl methyl sites for hydroxylation is 1. The Kier molecular flexibility index (Phi) is 6.02. The molecule has 0 aliphatic heterocycles. The first-order valence-electron chi connectivity index (χ1n) is 6.71. The molecule has 0 aliphatic rings. The van der Waals surface area contributed by atoms with Gasteiger partial charge >= 0.3 is 6.09 Å². The number of hydrogen-bond acceptors (Lipinski definition) is 3. The number of halogens is 1. The SMILES string of the molecule is C[C@@H](N)CCc1ccc(Br)cc1NC(=O)OC(C)(C)C. The topological polar surface area (TPSA) is 64.3 Å². The first-order valence-corrected chi connectivity index (χ1v) is 7.50. The summed E-state index contributed by atoms with van der Waals surface area (Å²) >= 11 is 3.41. The second kappa shape index (κ2) is 7.09. The Hall–Kier alpha value is -1.07. The zero-order valence-electron chi connectivity index (χ0n) is 12.5. The molecule has 0 bridgehead atoms. The summed E-state index contributed by atoms with van der Waals surface area (Å²) < 4.78 is 6.18. The van der Waals surface area contributed by atoms with Gasteiger partial charge in [-0.05, 0) is 58.2 Å². The lowest BCUT2D eigenvalue weighted by Crippen LogP contribution is -2.27. The molecule has 4 nitrogen and oxygen atoms in total. The molecule has 0 spiro atoms. The summed E-state index contributed by atoms with van der Waals surface area (Å²) in [5, 5.41) is 2.80. The average molecular weight is 343 g/mol. The molecule has 0 radical (unpaired) electrons. The van der Waals surface area contributed by atoms with Crippen LogP contribution in [0.5, 0.6) is 0 Å². The number of ether oxygens (including phenoxy) is 1. The average Bonchev–Trinajstić information content (AvgIpc) is 2.24. The third-order valence-electron chi connectivity index (χ3n) is 2.58. The quantitative estimate of drug-likeness (QED) is 0.866. The van der Waals surface area contributed by atoms with E-state index >= 15 is 0 Å². The van der Waals surface area contributed by atoms with E-state index in [4.69, 9.17) is 10.5 Å². The highest BCUT2D eigenvalue weighted by Gasteiger charge is 2.17. The van der Waals surface area contributed by atoms with Crippen molar-refractivity contribution in [1.29, 1.82) is 0 Å². The van der Waals surface area contributed by atoms with Gasteiger partial charge in [0.15, 0.2) is 0 Å². The molecule has 0 fully saturated rings. The van der Waals surface area contributed by atoms with Crippen LogP contribution in [0, 0.1) is 0 Å². The molecule has 0 unspecified atom stereocenters. The van der Waals surface area contributed by atoms with Crippen molar-refractivity contribution in [2.24, 2.45) is 5.73 Å². The maximum absolute atomic E-state index is 11.9. The van der Waals surface area contributed by atoms with E-state index in [1.807, 2.05) is 45.9 Å². The second-order valence-electron chi connectivity index (χ2n) is 5.94. The summed E-state index contributed by atoms with van der Waals surface area (Å²) in [7, 11) is 0. The van der Waals surface area contributed by atoms with E-state index in [-0.39, 0.29) is 6.04 Å². The van der Waals surface area contributed by atoms with Crippen molar-refractivity contribution in [2.45, 2.75) is 52.2 Å². The highest BCUT2D eigenvalue weighted by Crippen LogP contribution is 2.23. The summed E-state index contributed by atoms with van der Waals surface area (Å²) in [6, 6.07) is 5.95. The molecular weight excluding hydrogens is 320 g/mol. The van der Waals surface area contributed by atoms with Crippen LogP contribution in [-0.4, -0.2) is 17.7 Å². The molecule has 1 atom stereocenters. The zero-order valence-corrected chi connectivity index (χ0v) is 14.1. The Balaban J connectivity index is 2.81. The van der Waals surface area contributed by atoms with Crippen LogP contribution >= 0.6 is 15.9 Å². The maximum Gasteiger partial charge on any atom is 0.412 e. The van der Waals surface area contributed by atoms with Crippen LogP contribution in [0.3, 0.4) is 0 Å². The number of carbonyl (C=O) groups is 1. The van der Waals surface area contributed by atoms with E-state index in [1.54, 1.807) is 0 Å². The second-order valence-corrected chi connectivity index (χ2v) is 6.86. The number of carbonyl (C=O) groups excluding carboxylic acids is 1. The first kappa shape index (κ1) is 17.0. The minimum atomic E-state index is -0.512. The van der Waals surface area contributed by atoms with Gasteiger partial charge in [-0.1, -0.05) is 22.0 Å². The van der Waals surface area contributed by atoms with Crippen LogP contribution in [0.25, 0.3) is 0 Å². The first-order chi connectivity index (χ1) is 9.17. The Bertz CT molecular complexity index is 467. The zero-order chi connectivity index (χ0) is 15.3. The number of anilines is 1. The fourth-order valence-electron chi connectivity index (χ4n) is 1.68. The van der Waals surface area contributed by atoms with Gasteiger partial charge < -0.3 is 10.5 Å². The third kappa shape index (κ3) is 6.39. The smallest absolute Gasteiger partial charge is 0.412 e. The lowest BCUT2D eigenvalue weighted by molar-refractivity contribution is 0.0636. The van der Waals surface area contributed by atoms with Crippen molar-refractivity contribution in [2.75, 3.05) is 5.32 Å². The summed E-state index contributed by atoms with van der Waals surface area (Å²) in [5.74, 6) is 0. The monoisotopic (exact) mass is 342 g/mol. The van der Waals surface area contributed by atoms with E-state index in [0.717, 1.165) is 28.6 Å². The Labute approximate surface area is 129 Å². The predicted molar refractivity (Wildman–Crippen MR) is 86.0 cm³/mol. The fraction of sp³-hybridized carbons (Fsp3) is 0.533. The highest BCUT2D eigenvalue weighted by molar-refractivity contribution is 9.10. The maximum atomic E-state index is 11.9. The number of nitrogens with two attached hydrogens (primary N) is 1. The normalized spacial score (nSPS) is 12.9. The number of rotatable bonds is 4. The molecule has 0 saturated carbocycles. The van der Waals surface area contributed by atoms with Gasteiger partial charge in [0.1, 0.15) is 5.60 Å². The van der Waals surface area contributed by atoms with Crippen molar-refractivity contribution in [1.82, 2.24) is 0 Å². The number of hydrogen-bond donors (Lipinski definition) is 2. The molecule has 5 heteroatoms. The summed E-state index contributed by atoms with van der Waals surface area (Å²) in [4.78, 5) is 11.9. The lowest BCUT2D eigenvalue weighted by Gasteiger charge is -2.20. The van der Waals surface area contributed by atoms with Crippen LogP contribution in [0.2, 0.25) is 0 Å². The van der Waals surface area contributed by atoms with Crippen LogP contribution in [0.4, 0.5) is 10.5 Å². The van der Waals surface area contributed by atoms with E-state index in [0.29, 0.717) is 0 Å². The highest BCUT2D eigenvalue weighted by atomic mass is 79.9. The third-order valence-corrected chi connectivity index (χ3v) is 3.07. The molecule has 1 amide bonds. The van der Waals surface area contributed by atoms with Gasteiger partial charge in [0.05, 0.1) is 0 Å². The molecule has 0 heterocycles. The molecule has 1 aromatic rings. The molecule has 1 aromatic carbocycles. The van der Waals surface area contributed by atoms with Gasteiger partial charge in [-0.25, -0.2) is 4.79 Å². The van der Waals surface area contributed by atoms with E-state index in [1.165, 1.54) is 0 Å². The number of amides is 1.